The van der Waals surface area contributed by atoms with Crippen LogP contribution in [-0.4, -0.2) is 52.1 Å². The number of rotatable bonds is 7. The van der Waals surface area contributed by atoms with Gasteiger partial charge in [-0.25, -0.2) is 0 Å². The van der Waals surface area contributed by atoms with E-state index in [0.29, 0.717) is 30.1 Å². The number of anilines is 2. The molecule has 8 heteroatoms. The van der Waals surface area contributed by atoms with Gasteiger partial charge in [-0.05, 0) is 48.9 Å². The molecular formula is C30H28N6O2. The molecule has 38 heavy (non-hydrogen) atoms. The van der Waals surface area contributed by atoms with Crippen LogP contribution in [0.1, 0.15) is 27.3 Å². The number of hydrogen-bond acceptors (Lipinski definition) is 7. The first kappa shape index (κ1) is 24.9. The fraction of sp³-hybridized carbons (Fsp3) is 0.200. The standard InChI is InChI=1S/C30H28N6O2/c1-22-28(32-24-12-14-26(15-13-24)38-25-10-6-3-7-11-25)27(20-31)33-34-29(22)30(37)36-18-16-35(17-19-36)21-23-8-4-2-5-9-23/h2-15H,16-19,21H2,1H3,(H,32,34). The second kappa shape index (κ2) is 11.5. The predicted molar refractivity (Wildman–Crippen MR) is 145 cm³/mol. The molecule has 0 atom stereocenters. The van der Waals surface area contributed by atoms with E-state index in [1.807, 2.05) is 77.7 Å². The average Bonchev–Trinajstić information content (AvgIpc) is 2.96. The highest BCUT2D eigenvalue weighted by atomic mass is 16.5. The van der Waals surface area contributed by atoms with Gasteiger partial charge in [-0.15, -0.1) is 10.2 Å². The average molecular weight is 505 g/mol. The Kier molecular flexibility index (Phi) is 7.57. The summed E-state index contributed by atoms with van der Waals surface area (Å²) < 4.78 is 5.85. The summed E-state index contributed by atoms with van der Waals surface area (Å²) in [7, 11) is 0. The molecule has 8 nitrogen and oxygen atoms in total. The summed E-state index contributed by atoms with van der Waals surface area (Å²) in [6.45, 7) is 5.44. The van der Waals surface area contributed by atoms with Crippen molar-refractivity contribution in [2.75, 3.05) is 31.5 Å². The van der Waals surface area contributed by atoms with E-state index in [9.17, 15) is 10.1 Å². The quantitative estimate of drug-likeness (QED) is 0.372. The monoisotopic (exact) mass is 504 g/mol. The Balaban J connectivity index is 1.27. The molecule has 0 saturated carbocycles. The number of carbonyl (C=O) groups is 1. The van der Waals surface area contributed by atoms with Crippen LogP contribution in [0.25, 0.3) is 0 Å². The van der Waals surface area contributed by atoms with E-state index >= 15 is 0 Å². The first-order valence-electron chi connectivity index (χ1n) is 12.5. The zero-order valence-electron chi connectivity index (χ0n) is 21.2. The minimum atomic E-state index is -0.173. The number of ether oxygens (including phenoxy) is 1. The third-order valence-electron chi connectivity index (χ3n) is 6.54. The molecule has 4 aromatic rings. The summed E-state index contributed by atoms with van der Waals surface area (Å²) in [4.78, 5) is 17.5. The van der Waals surface area contributed by atoms with Crippen LogP contribution in [-0.2, 0) is 6.54 Å². The van der Waals surface area contributed by atoms with Gasteiger partial charge in [0, 0.05) is 44.0 Å². The molecule has 0 unspecified atom stereocenters. The lowest BCUT2D eigenvalue weighted by Crippen LogP contribution is -2.48. The van der Waals surface area contributed by atoms with Gasteiger partial charge in [0.05, 0.1) is 5.69 Å². The summed E-state index contributed by atoms with van der Waals surface area (Å²) in [5.74, 6) is 1.26. The molecule has 1 N–H and O–H groups in total. The van der Waals surface area contributed by atoms with Crippen molar-refractivity contribution < 1.29 is 9.53 Å². The molecule has 190 valence electrons. The van der Waals surface area contributed by atoms with E-state index in [4.69, 9.17) is 4.74 Å². The van der Waals surface area contributed by atoms with Crippen LogP contribution in [0.4, 0.5) is 11.4 Å². The number of para-hydroxylation sites is 1. The van der Waals surface area contributed by atoms with Crippen molar-refractivity contribution in [2.24, 2.45) is 0 Å². The van der Waals surface area contributed by atoms with Gasteiger partial charge in [0.2, 0.25) is 0 Å². The molecule has 1 saturated heterocycles. The second-order valence-electron chi connectivity index (χ2n) is 9.13. The van der Waals surface area contributed by atoms with Crippen LogP contribution in [0.2, 0.25) is 0 Å². The van der Waals surface area contributed by atoms with Crippen LogP contribution >= 0.6 is 0 Å². The summed E-state index contributed by atoms with van der Waals surface area (Å²) >= 11 is 0. The molecule has 1 fully saturated rings. The van der Waals surface area contributed by atoms with Crippen molar-refractivity contribution >= 4 is 17.3 Å². The lowest BCUT2D eigenvalue weighted by Gasteiger charge is -2.34. The van der Waals surface area contributed by atoms with E-state index in [-0.39, 0.29) is 17.3 Å². The Labute approximate surface area is 222 Å². The third-order valence-corrected chi connectivity index (χ3v) is 6.54. The molecule has 0 aliphatic carbocycles. The van der Waals surface area contributed by atoms with Crippen LogP contribution in [0.15, 0.2) is 84.9 Å². The molecule has 1 amide bonds. The fourth-order valence-electron chi connectivity index (χ4n) is 4.43. The maximum Gasteiger partial charge on any atom is 0.274 e. The maximum absolute atomic E-state index is 13.4. The van der Waals surface area contributed by atoms with Gasteiger partial charge < -0.3 is 15.0 Å². The number of benzene rings is 3. The lowest BCUT2D eigenvalue weighted by atomic mass is 10.1. The largest absolute Gasteiger partial charge is 0.457 e. The maximum atomic E-state index is 13.4. The number of carbonyl (C=O) groups excluding carboxylic acids is 1. The number of hydrogen-bond donors (Lipinski definition) is 1. The summed E-state index contributed by atoms with van der Waals surface area (Å²) in [5.41, 5.74) is 3.47. The molecule has 0 bridgehead atoms. The van der Waals surface area contributed by atoms with Crippen molar-refractivity contribution in [3.05, 3.63) is 107 Å². The van der Waals surface area contributed by atoms with Crippen LogP contribution in [0.3, 0.4) is 0 Å². The predicted octanol–water partition coefficient (Wildman–Crippen LogP) is 5.15. The summed E-state index contributed by atoms with van der Waals surface area (Å²) in [6, 6.07) is 29.3. The molecule has 1 aromatic heterocycles. The van der Waals surface area contributed by atoms with Crippen LogP contribution in [0, 0.1) is 18.3 Å². The molecule has 1 aliphatic rings. The van der Waals surface area contributed by atoms with E-state index in [1.54, 1.807) is 6.92 Å². The molecule has 0 spiro atoms. The van der Waals surface area contributed by atoms with Gasteiger partial charge in [0.15, 0.2) is 11.4 Å². The van der Waals surface area contributed by atoms with Gasteiger partial charge in [-0.3, -0.25) is 9.69 Å². The normalized spacial score (nSPS) is 13.5. The first-order valence-corrected chi connectivity index (χ1v) is 12.5. The molecule has 1 aliphatic heterocycles. The van der Waals surface area contributed by atoms with Crippen molar-refractivity contribution in [1.29, 1.82) is 5.26 Å². The molecule has 0 radical (unpaired) electrons. The second-order valence-corrected chi connectivity index (χ2v) is 9.13. The van der Waals surface area contributed by atoms with Crippen molar-refractivity contribution in [3.63, 3.8) is 0 Å². The minimum absolute atomic E-state index is 0.136. The van der Waals surface area contributed by atoms with E-state index in [2.05, 4.69) is 38.6 Å². The number of aromatic nitrogens is 2. The topological polar surface area (TPSA) is 94.4 Å². The van der Waals surface area contributed by atoms with Gasteiger partial charge >= 0.3 is 0 Å². The zero-order valence-corrected chi connectivity index (χ0v) is 21.2. The number of nitrogens with zero attached hydrogens (tertiary/aromatic N) is 5. The fourth-order valence-corrected chi connectivity index (χ4v) is 4.43. The molecule has 2 heterocycles. The van der Waals surface area contributed by atoms with Crippen LogP contribution in [0.5, 0.6) is 11.5 Å². The number of amides is 1. The van der Waals surface area contributed by atoms with Gasteiger partial charge in [0.1, 0.15) is 17.6 Å². The van der Waals surface area contributed by atoms with Crippen molar-refractivity contribution in [3.8, 4) is 17.6 Å². The SMILES string of the molecule is Cc1c(C(=O)N2CCN(Cc3ccccc3)CC2)nnc(C#N)c1Nc1ccc(Oc2ccccc2)cc1. The summed E-state index contributed by atoms with van der Waals surface area (Å²) in [5, 5.41) is 21.1. The number of nitrogens with one attached hydrogen (secondary N) is 1. The first-order chi connectivity index (χ1) is 18.6. The smallest absolute Gasteiger partial charge is 0.274 e. The van der Waals surface area contributed by atoms with E-state index < -0.39 is 0 Å². The summed E-state index contributed by atoms with van der Waals surface area (Å²) in [6.07, 6.45) is 0. The highest BCUT2D eigenvalue weighted by Crippen LogP contribution is 2.28. The molecular weight excluding hydrogens is 476 g/mol. The highest BCUT2D eigenvalue weighted by Gasteiger charge is 2.26. The third kappa shape index (κ3) is 5.80. The van der Waals surface area contributed by atoms with Gasteiger partial charge in [-0.2, -0.15) is 5.26 Å². The highest BCUT2D eigenvalue weighted by molar-refractivity contribution is 5.95. The number of nitriles is 1. The Morgan fingerprint density at radius 3 is 2.18 bits per heavy atom. The van der Waals surface area contributed by atoms with Crippen molar-refractivity contribution in [2.45, 2.75) is 13.5 Å². The Hall–Kier alpha value is -4.74. The van der Waals surface area contributed by atoms with Gasteiger partial charge in [-0.1, -0.05) is 48.5 Å². The Morgan fingerprint density at radius 1 is 0.895 bits per heavy atom. The zero-order chi connectivity index (χ0) is 26.3. The minimum Gasteiger partial charge on any atom is -0.457 e. The Morgan fingerprint density at radius 2 is 1.53 bits per heavy atom. The van der Waals surface area contributed by atoms with E-state index in [1.165, 1.54) is 5.56 Å². The van der Waals surface area contributed by atoms with Gasteiger partial charge in [0.25, 0.3) is 5.91 Å². The lowest BCUT2D eigenvalue weighted by molar-refractivity contribution is 0.0621. The van der Waals surface area contributed by atoms with Crippen molar-refractivity contribution in [1.82, 2.24) is 20.0 Å². The van der Waals surface area contributed by atoms with Crippen LogP contribution < -0.4 is 10.1 Å². The van der Waals surface area contributed by atoms with E-state index in [0.717, 1.165) is 31.1 Å². The molecule has 3 aromatic carbocycles. The number of piperazine rings is 1. The Bertz CT molecular complexity index is 1430. The molecule has 5 rings (SSSR count).